The van der Waals surface area contributed by atoms with Crippen LogP contribution in [0.5, 0.6) is 0 Å². The maximum Gasteiger partial charge on any atom is 0.314 e. The lowest BCUT2D eigenvalue weighted by atomic mass is 10.2. The van der Waals surface area contributed by atoms with E-state index in [9.17, 15) is 23.1 Å². The SMILES string of the molecule is C[C@H](O)CNC(=O)C(=O)Nc1c2c(nn1-c1ccccc1)CS(=O)(=O)C2. The smallest absolute Gasteiger partial charge is 0.314 e. The first-order valence-corrected chi connectivity index (χ1v) is 9.73. The minimum atomic E-state index is -3.32. The molecule has 2 heterocycles. The molecule has 0 radical (unpaired) electrons. The quantitative estimate of drug-likeness (QED) is 0.628. The average Bonchev–Trinajstić information content (AvgIpc) is 3.06. The molecule has 1 aromatic carbocycles. The Kier molecular flexibility index (Phi) is 4.79. The van der Waals surface area contributed by atoms with Gasteiger partial charge in [0.25, 0.3) is 0 Å². The Hall–Kier alpha value is -2.72. The summed E-state index contributed by atoms with van der Waals surface area (Å²) in [5, 5.41) is 18.2. The molecule has 9 nitrogen and oxygen atoms in total. The van der Waals surface area contributed by atoms with Crippen molar-refractivity contribution in [2.75, 3.05) is 11.9 Å². The number of benzene rings is 1. The van der Waals surface area contributed by atoms with Gasteiger partial charge in [-0.3, -0.25) is 9.59 Å². The van der Waals surface area contributed by atoms with Gasteiger partial charge < -0.3 is 15.7 Å². The van der Waals surface area contributed by atoms with Gasteiger partial charge in [0.15, 0.2) is 9.84 Å². The summed E-state index contributed by atoms with van der Waals surface area (Å²) in [5.74, 6) is -2.19. The number of fused-ring (bicyclic) bond motifs is 1. The van der Waals surface area contributed by atoms with Crippen LogP contribution < -0.4 is 10.6 Å². The molecule has 0 saturated heterocycles. The second-order valence-corrected chi connectivity index (χ2v) is 8.13. The van der Waals surface area contributed by atoms with Crippen LogP contribution in [0.25, 0.3) is 5.69 Å². The van der Waals surface area contributed by atoms with E-state index in [4.69, 9.17) is 0 Å². The van der Waals surface area contributed by atoms with Gasteiger partial charge in [-0.1, -0.05) is 18.2 Å². The molecular formula is C16H18N4O5S. The Bertz CT molecular complexity index is 951. The number of aromatic nitrogens is 2. The van der Waals surface area contributed by atoms with Crippen molar-refractivity contribution in [3.05, 3.63) is 41.6 Å². The summed E-state index contributed by atoms with van der Waals surface area (Å²) in [6.45, 7) is 1.40. The standard InChI is InChI=1S/C16H18N4O5S/c1-10(21)7-17-15(22)16(23)18-14-12-8-26(24,25)9-13(12)19-20(14)11-5-3-2-4-6-11/h2-6,10,21H,7-9H2,1H3,(H,17,22)(H,18,23)/t10-/m0/s1. The average molecular weight is 378 g/mol. The van der Waals surface area contributed by atoms with Crippen LogP contribution in [-0.4, -0.2) is 47.8 Å². The van der Waals surface area contributed by atoms with E-state index >= 15 is 0 Å². The molecule has 0 fully saturated rings. The van der Waals surface area contributed by atoms with Crippen LogP contribution in [0.15, 0.2) is 30.3 Å². The predicted octanol–water partition coefficient (Wildman–Crippen LogP) is -0.264. The molecule has 3 rings (SSSR count). The number of nitrogens with zero attached hydrogens (tertiary/aromatic N) is 2. The lowest BCUT2D eigenvalue weighted by Crippen LogP contribution is -2.39. The van der Waals surface area contributed by atoms with Gasteiger partial charge in [0.2, 0.25) is 0 Å². The number of nitrogens with one attached hydrogen (secondary N) is 2. The molecule has 1 aromatic heterocycles. The van der Waals surface area contributed by atoms with Gasteiger partial charge in [0, 0.05) is 12.1 Å². The van der Waals surface area contributed by atoms with Crippen molar-refractivity contribution in [1.82, 2.24) is 15.1 Å². The molecule has 2 aromatic rings. The number of aliphatic hydroxyl groups excluding tert-OH is 1. The van der Waals surface area contributed by atoms with E-state index in [0.29, 0.717) is 16.9 Å². The summed E-state index contributed by atoms with van der Waals surface area (Å²) < 4.78 is 25.2. The van der Waals surface area contributed by atoms with Crippen LogP contribution >= 0.6 is 0 Å². The number of para-hydroxylation sites is 1. The molecule has 1 aliphatic rings. The molecule has 0 bridgehead atoms. The molecule has 138 valence electrons. The van der Waals surface area contributed by atoms with Crippen molar-refractivity contribution in [1.29, 1.82) is 0 Å². The fraction of sp³-hybridized carbons (Fsp3) is 0.312. The van der Waals surface area contributed by atoms with E-state index in [1.165, 1.54) is 11.6 Å². The summed E-state index contributed by atoms with van der Waals surface area (Å²) in [4.78, 5) is 24.0. The van der Waals surface area contributed by atoms with Crippen LogP contribution in [0.4, 0.5) is 5.82 Å². The fourth-order valence-corrected chi connectivity index (χ4v) is 4.11. The van der Waals surface area contributed by atoms with E-state index in [1.54, 1.807) is 24.3 Å². The molecule has 3 N–H and O–H groups in total. The highest BCUT2D eigenvalue weighted by Crippen LogP contribution is 2.32. The zero-order valence-corrected chi connectivity index (χ0v) is 14.8. The Morgan fingerprint density at radius 1 is 1.23 bits per heavy atom. The monoisotopic (exact) mass is 378 g/mol. The summed E-state index contributed by atoms with van der Waals surface area (Å²) in [6, 6.07) is 8.87. The number of rotatable bonds is 4. The number of carbonyl (C=O) groups is 2. The van der Waals surface area contributed by atoms with Crippen LogP contribution in [0.1, 0.15) is 18.2 Å². The number of amides is 2. The minimum absolute atomic E-state index is 0.0727. The van der Waals surface area contributed by atoms with Gasteiger partial charge in [-0.05, 0) is 19.1 Å². The molecule has 10 heteroatoms. The number of hydrogen-bond acceptors (Lipinski definition) is 6. The zero-order chi connectivity index (χ0) is 18.9. The molecular weight excluding hydrogens is 360 g/mol. The van der Waals surface area contributed by atoms with Crippen molar-refractivity contribution in [2.45, 2.75) is 24.5 Å². The third-order valence-electron chi connectivity index (χ3n) is 3.78. The van der Waals surface area contributed by atoms with Crippen molar-refractivity contribution < 1.29 is 23.1 Å². The van der Waals surface area contributed by atoms with Crippen LogP contribution in [0, 0.1) is 0 Å². The van der Waals surface area contributed by atoms with Gasteiger partial charge in [-0.25, -0.2) is 13.1 Å². The predicted molar refractivity (Wildman–Crippen MR) is 93.2 cm³/mol. The molecule has 0 spiro atoms. The van der Waals surface area contributed by atoms with Crippen molar-refractivity contribution in [3.63, 3.8) is 0 Å². The maximum atomic E-state index is 12.2. The molecule has 1 aliphatic heterocycles. The zero-order valence-electron chi connectivity index (χ0n) is 14.0. The van der Waals surface area contributed by atoms with Crippen molar-refractivity contribution in [2.24, 2.45) is 0 Å². The summed E-state index contributed by atoms with van der Waals surface area (Å²) in [7, 11) is -3.32. The van der Waals surface area contributed by atoms with E-state index < -0.39 is 27.8 Å². The summed E-state index contributed by atoms with van der Waals surface area (Å²) >= 11 is 0. The highest BCUT2D eigenvalue weighted by atomic mass is 32.2. The Balaban J connectivity index is 1.92. The second kappa shape index (κ2) is 6.89. The van der Waals surface area contributed by atoms with E-state index in [1.807, 2.05) is 6.07 Å². The largest absolute Gasteiger partial charge is 0.392 e. The normalized spacial score (nSPS) is 15.9. The molecule has 0 saturated carbocycles. The maximum absolute atomic E-state index is 12.2. The highest BCUT2D eigenvalue weighted by Gasteiger charge is 2.33. The topological polar surface area (TPSA) is 130 Å². The fourth-order valence-electron chi connectivity index (χ4n) is 2.61. The van der Waals surface area contributed by atoms with Crippen molar-refractivity contribution in [3.8, 4) is 5.69 Å². The molecule has 2 amide bonds. The minimum Gasteiger partial charge on any atom is -0.392 e. The number of hydrogen-bond donors (Lipinski definition) is 3. The highest BCUT2D eigenvalue weighted by molar-refractivity contribution is 7.90. The first-order valence-electron chi connectivity index (χ1n) is 7.90. The lowest BCUT2D eigenvalue weighted by molar-refractivity contribution is -0.136. The van der Waals surface area contributed by atoms with Gasteiger partial charge in [0.05, 0.1) is 29.0 Å². The number of aliphatic hydroxyl groups is 1. The van der Waals surface area contributed by atoms with Crippen LogP contribution in [0.2, 0.25) is 0 Å². The first kappa shape index (κ1) is 18.1. The number of anilines is 1. The third-order valence-corrected chi connectivity index (χ3v) is 5.23. The molecule has 26 heavy (non-hydrogen) atoms. The Labute approximate surface area is 149 Å². The first-order chi connectivity index (χ1) is 12.3. The Morgan fingerprint density at radius 3 is 2.58 bits per heavy atom. The molecule has 0 aliphatic carbocycles. The lowest BCUT2D eigenvalue weighted by Gasteiger charge is -2.11. The number of carbonyl (C=O) groups excluding carboxylic acids is 2. The van der Waals surface area contributed by atoms with Crippen molar-refractivity contribution >= 4 is 27.5 Å². The Morgan fingerprint density at radius 2 is 1.92 bits per heavy atom. The summed E-state index contributed by atoms with van der Waals surface area (Å²) in [5.41, 5.74) is 1.36. The molecule has 0 unspecified atom stereocenters. The number of sulfone groups is 1. The van der Waals surface area contributed by atoms with E-state index in [0.717, 1.165) is 0 Å². The van der Waals surface area contributed by atoms with Gasteiger partial charge >= 0.3 is 11.8 Å². The van der Waals surface area contributed by atoms with E-state index in [2.05, 4.69) is 15.7 Å². The van der Waals surface area contributed by atoms with Gasteiger partial charge in [-0.15, -0.1) is 0 Å². The molecule has 1 atom stereocenters. The second-order valence-electron chi connectivity index (χ2n) is 6.07. The van der Waals surface area contributed by atoms with Gasteiger partial charge in [-0.2, -0.15) is 5.10 Å². The van der Waals surface area contributed by atoms with E-state index in [-0.39, 0.29) is 23.9 Å². The van der Waals surface area contributed by atoms with Gasteiger partial charge in [0.1, 0.15) is 5.82 Å². The van der Waals surface area contributed by atoms with Crippen LogP contribution in [-0.2, 0) is 30.9 Å². The summed E-state index contributed by atoms with van der Waals surface area (Å²) in [6.07, 6.45) is -0.795. The third kappa shape index (κ3) is 3.75. The van der Waals surface area contributed by atoms with Crippen LogP contribution in [0.3, 0.4) is 0 Å².